The molecule has 0 radical (unpaired) electrons. The highest BCUT2D eigenvalue weighted by Gasteiger charge is 2.34. The van der Waals surface area contributed by atoms with Gasteiger partial charge >= 0.3 is 11.9 Å². The van der Waals surface area contributed by atoms with E-state index in [2.05, 4.69) is 15.1 Å². The first-order valence-electron chi connectivity index (χ1n) is 11.7. The number of pyridine rings is 1. The predicted molar refractivity (Wildman–Crippen MR) is 132 cm³/mol. The molecule has 0 fully saturated rings. The number of fused-ring (bicyclic) bond motifs is 1. The number of benzene rings is 1. The van der Waals surface area contributed by atoms with Crippen LogP contribution in [0.15, 0.2) is 59.7 Å². The maximum atomic E-state index is 13.1. The van der Waals surface area contributed by atoms with Gasteiger partial charge in [0.05, 0.1) is 24.1 Å². The fourth-order valence-corrected chi connectivity index (χ4v) is 4.31. The Balaban J connectivity index is 1.51. The first-order valence-corrected chi connectivity index (χ1v) is 11.7. The number of imidazole rings is 1. The summed E-state index contributed by atoms with van der Waals surface area (Å²) >= 11 is 0. The third-order valence-corrected chi connectivity index (χ3v) is 6.21. The van der Waals surface area contributed by atoms with Gasteiger partial charge in [0.15, 0.2) is 17.2 Å². The van der Waals surface area contributed by atoms with E-state index in [-0.39, 0.29) is 18.2 Å². The molecule has 0 spiro atoms. The van der Waals surface area contributed by atoms with Crippen molar-refractivity contribution in [3.63, 3.8) is 0 Å². The van der Waals surface area contributed by atoms with Crippen LogP contribution in [-0.2, 0) is 19.8 Å². The molecule has 0 amide bonds. The second-order valence-corrected chi connectivity index (χ2v) is 9.17. The van der Waals surface area contributed by atoms with E-state index >= 15 is 0 Å². The monoisotopic (exact) mass is 507 g/mol. The summed E-state index contributed by atoms with van der Waals surface area (Å²) in [5.74, 6) is 0.645. The Labute approximate surface area is 210 Å². The lowest BCUT2D eigenvalue weighted by molar-refractivity contribution is -0.141. The molecule has 0 atom stereocenters. The smallest absolute Gasteiger partial charge is 0.292 e. The van der Waals surface area contributed by atoms with Crippen molar-refractivity contribution in [2.75, 3.05) is 0 Å². The van der Waals surface area contributed by atoms with Gasteiger partial charge in [-0.1, -0.05) is 26.0 Å². The van der Waals surface area contributed by atoms with Crippen LogP contribution >= 0.6 is 0 Å². The molecule has 4 heterocycles. The van der Waals surface area contributed by atoms with Gasteiger partial charge in [-0.25, -0.2) is 19.4 Å². The molecule has 0 aliphatic rings. The van der Waals surface area contributed by atoms with Crippen molar-refractivity contribution in [2.45, 2.75) is 39.4 Å². The molecule has 37 heavy (non-hydrogen) atoms. The van der Waals surface area contributed by atoms with Gasteiger partial charge < -0.3 is 0 Å². The van der Waals surface area contributed by atoms with Gasteiger partial charge in [0.25, 0.3) is 0 Å². The Morgan fingerprint density at radius 1 is 1.05 bits per heavy atom. The van der Waals surface area contributed by atoms with Crippen molar-refractivity contribution >= 4 is 11.2 Å². The van der Waals surface area contributed by atoms with E-state index in [1.54, 1.807) is 55.2 Å². The van der Waals surface area contributed by atoms with E-state index in [1.807, 2.05) is 26.0 Å². The number of nitrogens with zero attached hydrogens (tertiary/aromatic N) is 7. The molecular formula is C26H24F3N7O. The van der Waals surface area contributed by atoms with Crippen molar-refractivity contribution in [3.05, 3.63) is 88.0 Å². The van der Waals surface area contributed by atoms with Gasteiger partial charge in [-0.2, -0.15) is 18.3 Å². The lowest BCUT2D eigenvalue weighted by Crippen LogP contribution is -2.22. The van der Waals surface area contributed by atoms with Crippen molar-refractivity contribution in [1.29, 1.82) is 0 Å². The predicted octanol–water partition coefficient (Wildman–Crippen LogP) is 4.88. The van der Waals surface area contributed by atoms with Crippen LogP contribution in [0.1, 0.15) is 42.4 Å². The first-order chi connectivity index (χ1) is 17.5. The number of aryl methyl sites for hydroxylation is 2. The zero-order chi connectivity index (χ0) is 26.5. The Hall–Kier alpha value is -4.28. The van der Waals surface area contributed by atoms with Crippen LogP contribution in [0.25, 0.3) is 28.2 Å². The van der Waals surface area contributed by atoms with E-state index in [4.69, 9.17) is 4.98 Å². The highest BCUT2D eigenvalue weighted by Crippen LogP contribution is 2.29. The molecule has 11 heteroatoms. The van der Waals surface area contributed by atoms with Crippen LogP contribution in [0, 0.1) is 6.92 Å². The number of alkyl halides is 3. The van der Waals surface area contributed by atoms with Crippen molar-refractivity contribution < 1.29 is 13.2 Å². The lowest BCUT2D eigenvalue weighted by atomic mass is 10.0. The van der Waals surface area contributed by atoms with Crippen LogP contribution < -0.4 is 5.69 Å². The Morgan fingerprint density at radius 3 is 2.43 bits per heavy atom. The number of halogens is 3. The topological polar surface area (TPSA) is 83.4 Å². The molecule has 5 aromatic rings. The van der Waals surface area contributed by atoms with E-state index in [9.17, 15) is 18.0 Å². The van der Waals surface area contributed by atoms with Crippen molar-refractivity contribution in [1.82, 2.24) is 33.9 Å². The van der Waals surface area contributed by atoms with Gasteiger partial charge in [0.2, 0.25) is 0 Å². The first kappa shape index (κ1) is 24.4. The average molecular weight is 508 g/mol. The summed E-state index contributed by atoms with van der Waals surface area (Å²) in [5, 5.41) is 3.69. The van der Waals surface area contributed by atoms with Crippen LogP contribution in [0.2, 0.25) is 0 Å². The summed E-state index contributed by atoms with van der Waals surface area (Å²) in [5.41, 5.74) is 3.19. The standard InChI is InChI=1S/C26H24F3N7O/c1-15(2)22-19(6-5-11-30-22)23-31-13-20-24(32-23)35(25(37)34(20)4)14-17-7-9-18(10-8-17)36-16(3)12-21(33-36)26(27,28)29/h5-13,15H,14H2,1-4H3. The van der Waals surface area contributed by atoms with E-state index in [0.29, 0.717) is 28.4 Å². The Bertz CT molecular complexity index is 1660. The highest BCUT2D eigenvalue weighted by atomic mass is 19.4. The summed E-state index contributed by atoms with van der Waals surface area (Å²) in [6.07, 6.45) is -1.15. The molecule has 5 rings (SSSR count). The normalized spacial score (nSPS) is 12.1. The minimum Gasteiger partial charge on any atom is -0.292 e. The van der Waals surface area contributed by atoms with Gasteiger partial charge in [-0.15, -0.1) is 0 Å². The number of hydrogen-bond donors (Lipinski definition) is 0. The quantitative estimate of drug-likeness (QED) is 0.339. The largest absolute Gasteiger partial charge is 0.435 e. The van der Waals surface area contributed by atoms with Gasteiger partial charge in [0, 0.05) is 24.5 Å². The Morgan fingerprint density at radius 2 is 1.78 bits per heavy atom. The van der Waals surface area contributed by atoms with E-state index in [1.165, 1.54) is 9.25 Å². The van der Waals surface area contributed by atoms with Crippen molar-refractivity contribution in [3.8, 4) is 17.1 Å². The van der Waals surface area contributed by atoms with Gasteiger partial charge in [-0.05, 0) is 48.7 Å². The van der Waals surface area contributed by atoms with Gasteiger partial charge in [0.1, 0.15) is 5.52 Å². The highest BCUT2D eigenvalue weighted by molar-refractivity contribution is 5.74. The lowest BCUT2D eigenvalue weighted by Gasteiger charge is -2.10. The SMILES string of the molecule is Cc1cc(C(F)(F)F)nn1-c1ccc(Cn2c(=O)n(C)c3cnc(-c4cccnc4C(C)C)nc32)cc1. The third kappa shape index (κ3) is 4.41. The summed E-state index contributed by atoms with van der Waals surface area (Å²) in [7, 11) is 1.66. The molecule has 0 aliphatic carbocycles. The number of rotatable bonds is 5. The molecule has 0 saturated heterocycles. The van der Waals surface area contributed by atoms with Crippen LogP contribution in [0.3, 0.4) is 0 Å². The minimum absolute atomic E-state index is 0.164. The fourth-order valence-electron chi connectivity index (χ4n) is 4.31. The average Bonchev–Trinajstić information content (AvgIpc) is 3.38. The fraction of sp³-hybridized carbons (Fsp3) is 0.269. The second-order valence-electron chi connectivity index (χ2n) is 9.17. The van der Waals surface area contributed by atoms with Crippen molar-refractivity contribution in [2.24, 2.45) is 7.05 Å². The van der Waals surface area contributed by atoms with Crippen LogP contribution in [-0.4, -0.2) is 33.9 Å². The molecule has 0 saturated carbocycles. The zero-order valence-corrected chi connectivity index (χ0v) is 20.7. The number of hydrogen-bond acceptors (Lipinski definition) is 5. The Kier molecular flexibility index (Phi) is 5.93. The molecule has 0 bridgehead atoms. The summed E-state index contributed by atoms with van der Waals surface area (Å²) in [6.45, 7) is 5.88. The third-order valence-electron chi connectivity index (χ3n) is 6.21. The van der Waals surface area contributed by atoms with Gasteiger partial charge in [-0.3, -0.25) is 14.1 Å². The summed E-state index contributed by atoms with van der Waals surface area (Å²) in [6, 6.07) is 11.6. The molecule has 190 valence electrons. The molecule has 8 nitrogen and oxygen atoms in total. The molecule has 4 aromatic heterocycles. The molecule has 0 unspecified atom stereocenters. The second kappa shape index (κ2) is 8.99. The molecule has 0 N–H and O–H groups in total. The van der Waals surface area contributed by atoms with Crippen LogP contribution in [0.4, 0.5) is 13.2 Å². The summed E-state index contributed by atoms with van der Waals surface area (Å²) < 4.78 is 43.4. The number of aromatic nitrogens is 7. The molecular weight excluding hydrogens is 483 g/mol. The van der Waals surface area contributed by atoms with Crippen LogP contribution in [0.5, 0.6) is 0 Å². The minimum atomic E-state index is -4.52. The maximum Gasteiger partial charge on any atom is 0.435 e. The van der Waals surface area contributed by atoms with E-state index < -0.39 is 11.9 Å². The zero-order valence-electron chi connectivity index (χ0n) is 20.7. The van der Waals surface area contributed by atoms with E-state index in [0.717, 1.165) is 22.9 Å². The summed E-state index contributed by atoms with van der Waals surface area (Å²) in [4.78, 5) is 26.8. The molecule has 1 aromatic carbocycles. The maximum absolute atomic E-state index is 13.1. The molecule has 0 aliphatic heterocycles.